The Balaban J connectivity index is 1.27. The largest absolute Gasteiger partial charge is 0.493 e. The number of nitrogens with zero attached hydrogens (tertiary/aromatic N) is 4. The molecule has 0 amide bonds. The van der Waals surface area contributed by atoms with Gasteiger partial charge in [0, 0.05) is 42.9 Å². The fourth-order valence-electron chi connectivity index (χ4n) is 4.82. The summed E-state index contributed by atoms with van der Waals surface area (Å²) >= 11 is 0. The van der Waals surface area contributed by atoms with Gasteiger partial charge in [0.25, 0.3) is 0 Å². The lowest BCUT2D eigenvalue weighted by molar-refractivity contribution is -0.143. The minimum absolute atomic E-state index is 0.204. The van der Waals surface area contributed by atoms with E-state index < -0.39 is 11.9 Å². The number of carboxylic acid groups (broad SMARTS) is 1. The van der Waals surface area contributed by atoms with E-state index in [4.69, 9.17) is 9.15 Å². The number of aryl methyl sites for hydroxylation is 2. The molecule has 190 valence electrons. The first-order valence-corrected chi connectivity index (χ1v) is 12.5. The molecule has 2 aromatic heterocycles. The van der Waals surface area contributed by atoms with Gasteiger partial charge in [0.2, 0.25) is 11.8 Å². The average Bonchev–Trinajstić information content (AvgIpc) is 3.29. The van der Waals surface area contributed by atoms with Crippen molar-refractivity contribution in [1.82, 2.24) is 15.0 Å². The van der Waals surface area contributed by atoms with E-state index in [9.17, 15) is 9.90 Å². The second kappa shape index (κ2) is 10.8. The van der Waals surface area contributed by atoms with Crippen LogP contribution >= 0.6 is 0 Å². The Morgan fingerprint density at radius 2 is 1.95 bits per heavy atom. The average molecular weight is 499 g/mol. The number of aromatic nitrogens is 3. The van der Waals surface area contributed by atoms with Crippen LogP contribution in [0.25, 0.3) is 11.5 Å². The summed E-state index contributed by atoms with van der Waals surface area (Å²) in [5.74, 6) is 1.26. The lowest BCUT2D eigenvalue weighted by atomic mass is 9.80. The molecule has 1 aliphatic rings. The van der Waals surface area contributed by atoms with E-state index in [0.717, 1.165) is 28.3 Å². The Morgan fingerprint density at radius 3 is 2.73 bits per heavy atom. The van der Waals surface area contributed by atoms with Gasteiger partial charge in [0.15, 0.2) is 0 Å². The van der Waals surface area contributed by atoms with Gasteiger partial charge >= 0.3 is 5.97 Å². The Morgan fingerprint density at radius 1 is 1.11 bits per heavy atom. The number of rotatable bonds is 8. The van der Waals surface area contributed by atoms with Gasteiger partial charge < -0.3 is 19.2 Å². The molecule has 2 aromatic carbocycles. The van der Waals surface area contributed by atoms with E-state index >= 15 is 0 Å². The van der Waals surface area contributed by atoms with E-state index in [1.165, 1.54) is 0 Å². The highest BCUT2D eigenvalue weighted by molar-refractivity contribution is 5.72. The smallest absolute Gasteiger partial charge is 0.307 e. The third-order valence-electron chi connectivity index (χ3n) is 6.80. The van der Waals surface area contributed by atoms with Crippen LogP contribution in [0.3, 0.4) is 0 Å². The molecular weight excluding hydrogens is 468 g/mol. The molecule has 0 spiro atoms. The molecule has 5 rings (SSSR count). The zero-order valence-electron chi connectivity index (χ0n) is 21.0. The number of hydrogen-bond acceptors (Lipinski definition) is 7. The van der Waals surface area contributed by atoms with E-state index in [1.54, 1.807) is 6.20 Å². The van der Waals surface area contributed by atoms with Crippen molar-refractivity contribution in [2.75, 3.05) is 24.6 Å². The molecule has 0 unspecified atom stereocenters. The Labute approximate surface area is 216 Å². The van der Waals surface area contributed by atoms with Crippen LogP contribution < -0.4 is 9.64 Å². The van der Waals surface area contributed by atoms with Crippen LogP contribution in [0.15, 0.2) is 71.3 Å². The van der Waals surface area contributed by atoms with Crippen molar-refractivity contribution in [1.29, 1.82) is 0 Å². The minimum atomic E-state index is -0.781. The lowest BCUT2D eigenvalue weighted by Crippen LogP contribution is -2.42. The fourth-order valence-corrected chi connectivity index (χ4v) is 4.82. The Kier molecular flexibility index (Phi) is 7.16. The number of ether oxygens (including phenoxy) is 1. The molecule has 0 radical (unpaired) electrons. The first kappa shape index (κ1) is 24.5. The highest BCUT2D eigenvalue weighted by atomic mass is 16.5. The SMILES string of the molecule is Cc1ccnc(N2CC[C@H](C(=O)O)[C@H](c3cccc(OCCc4nc(-c5ccccc5)oc4C)c3)C2)n1. The summed E-state index contributed by atoms with van der Waals surface area (Å²) in [7, 11) is 0. The highest BCUT2D eigenvalue weighted by Gasteiger charge is 2.36. The number of oxazole rings is 1. The molecule has 1 aliphatic heterocycles. The first-order valence-electron chi connectivity index (χ1n) is 12.5. The van der Waals surface area contributed by atoms with Crippen LogP contribution in [-0.2, 0) is 11.2 Å². The zero-order chi connectivity index (χ0) is 25.8. The third kappa shape index (κ3) is 5.63. The van der Waals surface area contributed by atoms with Crippen LogP contribution in [0.1, 0.15) is 35.1 Å². The molecular formula is C29H30N4O4. The van der Waals surface area contributed by atoms with Gasteiger partial charge in [-0.3, -0.25) is 4.79 Å². The van der Waals surface area contributed by atoms with Crippen LogP contribution in [0.2, 0.25) is 0 Å². The normalized spacial score (nSPS) is 17.5. The predicted molar refractivity (Wildman–Crippen MR) is 140 cm³/mol. The van der Waals surface area contributed by atoms with Gasteiger partial charge in [-0.05, 0) is 56.2 Å². The number of aliphatic carboxylic acids is 1. The summed E-state index contributed by atoms with van der Waals surface area (Å²) in [5.41, 5.74) is 3.62. The zero-order valence-corrected chi connectivity index (χ0v) is 21.0. The minimum Gasteiger partial charge on any atom is -0.493 e. The third-order valence-corrected chi connectivity index (χ3v) is 6.80. The summed E-state index contributed by atoms with van der Waals surface area (Å²) in [6.07, 6.45) is 2.87. The van der Waals surface area contributed by atoms with Gasteiger partial charge in [0.1, 0.15) is 11.5 Å². The first-order chi connectivity index (χ1) is 18.0. The number of anilines is 1. The fraction of sp³-hybridized carbons (Fsp3) is 0.310. The van der Waals surface area contributed by atoms with Crippen molar-refractivity contribution in [3.8, 4) is 17.2 Å². The van der Waals surface area contributed by atoms with E-state index in [2.05, 4.69) is 19.9 Å². The molecule has 37 heavy (non-hydrogen) atoms. The molecule has 3 heterocycles. The quantitative estimate of drug-likeness (QED) is 0.360. The lowest BCUT2D eigenvalue weighted by Gasteiger charge is -2.37. The molecule has 0 bridgehead atoms. The van der Waals surface area contributed by atoms with Gasteiger partial charge in [-0.1, -0.05) is 30.3 Å². The summed E-state index contributed by atoms with van der Waals surface area (Å²) in [4.78, 5) is 27.8. The van der Waals surface area contributed by atoms with Gasteiger partial charge in [-0.15, -0.1) is 0 Å². The van der Waals surface area contributed by atoms with Crippen molar-refractivity contribution in [2.24, 2.45) is 5.92 Å². The second-order valence-corrected chi connectivity index (χ2v) is 9.34. The van der Waals surface area contributed by atoms with Crippen LogP contribution in [0.4, 0.5) is 5.95 Å². The van der Waals surface area contributed by atoms with E-state index in [1.807, 2.05) is 74.5 Å². The summed E-state index contributed by atoms with van der Waals surface area (Å²) in [6.45, 7) is 5.41. The number of benzene rings is 2. The van der Waals surface area contributed by atoms with Crippen LogP contribution in [0, 0.1) is 19.8 Å². The van der Waals surface area contributed by atoms with Crippen LogP contribution in [-0.4, -0.2) is 45.7 Å². The Bertz CT molecular complexity index is 1370. The number of carboxylic acids is 1. The van der Waals surface area contributed by atoms with Gasteiger partial charge in [-0.2, -0.15) is 0 Å². The standard InChI is InChI=1S/C29H30N4O4/c1-19-11-14-30-29(31-19)33-15-12-24(28(34)35)25(18-33)22-9-6-10-23(17-22)36-16-13-26-20(2)37-27(32-26)21-7-4-3-5-8-21/h3-11,14,17,24-25H,12-13,15-16,18H2,1-2H3,(H,34,35)/t24-,25-/m0/s1. The van der Waals surface area contributed by atoms with Crippen molar-refractivity contribution < 1.29 is 19.1 Å². The van der Waals surface area contributed by atoms with E-state index in [0.29, 0.717) is 50.1 Å². The number of carbonyl (C=O) groups is 1. The van der Waals surface area contributed by atoms with Crippen LogP contribution in [0.5, 0.6) is 5.75 Å². The number of piperidine rings is 1. The topological polar surface area (TPSA) is 102 Å². The summed E-state index contributed by atoms with van der Waals surface area (Å²) in [5, 5.41) is 9.92. The summed E-state index contributed by atoms with van der Waals surface area (Å²) in [6, 6.07) is 19.4. The van der Waals surface area contributed by atoms with Crippen molar-refractivity contribution >= 4 is 11.9 Å². The van der Waals surface area contributed by atoms with Gasteiger partial charge in [-0.25, -0.2) is 15.0 Å². The maximum Gasteiger partial charge on any atom is 0.307 e. The molecule has 1 fully saturated rings. The Hall–Kier alpha value is -4.20. The molecule has 8 heteroatoms. The maximum atomic E-state index is 12.1. The van der Waals surface area contributed by atoms with Crippen molar-refractivity contribution in [3.63, 3.8) is 0 Å². The van der Waals surface area contributed by atoms with Crippen molar-refractivity contribution in [3.05, 3.63) is 89.6 Å². The predicted octanol–water partition coefficient (Wildman–Crippen LogP) is 5.06. The number of hydrogen-bond donors (Lipinski definition) is 1. The molecule has 0 aliphatic carbocycles. The maximum absolute atomic E-state index is 12.1. The molecule has 1 N–H and O–H groups in total. The van der Waals surface area contributed by atoms with Gasteiger partial charge in [0.05, 0.1) is 18.2 Å². The van der Waals surface area contributed by atoms with E-state index in [-0.39, 0.29) is 5.92 Å². The summed E-state index contributed by atoms with van der Waals surface area (Å²) < 4.78 is 11.9. The highest BCUT2D eigenvalue weighted by Crippen LogP contribution is 2.35. The monoisotopic (exact) mass is 498 g/mol. The molecule has 0 saturated carbocycles. The second-order valence-electron chi connectivity index (χ2n) is 9.34. The molecule has 4 aromatic rings. The molecule has 2 atom stereocenters. The molecule has 8 nitrogen and oxygen atoms in total. The van der Waals surface area contributed by atoms with Crippen molar-refractivity contribution in [2.45, 2.75) is 32.6 Å². The molecule has 1 saturated heterocycles.